The number of carbonyl (C=O) groups excluding carboxylic acids is 2. The fraction of sp³-hybridized carbons (Fsp3) is 0.379. The molecule has 2 amide bonds. The van der Waals surface area contributed by atoms with Gasteiger partial charge in [-0.2, -0.15) is 0 Å². The van der Waals surface area contributed by atoms with Gasteiger partial charge in [-0.1, -0.05) is 47.5 Å². The Balaban J connectivity index is 1.40. The van der Waals surface area contributed by atoms with Gasteiger partial charge in [-0.15, -0.1) is 0 Å². The Morgan fingerprint density at radius 3 is 2.37 bits per heavy atom. The number of hydrogen-bond acceptors (Lipinski definition) is 4. The van der Waals surface area contributed by atoms with E-state index in [9.17, 15) is 19.2 Å². The third kappa shape index (κ3) is 7.22. The minimum atomic E-state index is -0.604. The van der Waals surface area contributed by atoms with Gasteiger partial charge in [0.05, 0.1) is 10.9 Å². The van der Waals surface area contributed by atoms with E-state index in [0.717, 1.165) is 29.4 Å². The van der Waals surface area contributed by atoms with Crippen molar-refractivity contribution < 1.29 is 9.59 Å². The molecule has 2 N–H and O–H groups in total. The molecule has 0 radical (unpaired) electrons. The molecule has 0 spiro atoms. The molecule has 200 valence electrons. The summed E-state index contributed by atoms with van der Waals surface area (Å²) < 4.78 is 2.35. The van der Waals surface area contributed by atoms with Gasteiger partial charge in [0, 0.05) is 31.1 Å². The van der Waals surface area contributed by atoms with Crippen LogP contribution in [0.15, 0.2) is 69.8 Å². The zero-order valence-corrected chi connectivity index (χ0v) is 22.1. The van der Waals surface area contributed by atoms with Gasteiger partial charge in [-0.3, -0.25) is 23.5 Å². The lowest BCUT2D eigenvalue weighted by molar-refractivity contribution is -0.122. The number of aromatic nitrogens is 2. The van der Waals surface area contributed by atoms with Gasteiger partial charge in [0.15, 0.2) is 0 Å². The van der Waals surface area contributed by atoms with Gasteiger partial charge in [-0.25, -0.2) is 4.79 Å². The van der Waals surface area contributed by atoms with Crippen LogP contribution >= 0.6 is 11.6 Å². The summed E-state index contributed by atoms with van der Waals surface area (Å²) in [6.07, 6.45) is 8.21. The van der Waals surface area contributed by atoms with E-state index in [1.165, 1.54) is 23.0 Å². The summed E-state index contributed by atoms with van der Waals surface area (Å²) in [6, 6.07) is 14.1. The highest BCUT2D eigenvalue weighted by Crippen LogP contribution is 2.19. The number of nitrogens with zero attached hydrogens (tertiary/aromatic N) is 2. The molecule has 0 saturated carbocycles. The van der Waals surface area contributed by atoms with E-state index < -0.39 is 11.2 Å². The summed E-state index contributed by atoms with van der Waals surface area (Å²) in [5.41, 5.74) is 1.72. The topological polar surface area (TPSA) is 102 Å². The van der Waals surface area contributed by atoms with Crippen molar-refractivity contribution in [1.29, 1.82) is 0 Å². The minimum Gasteiger partial charge on any atom is -0.356 e. The Hall–Kier alpha value is -3.65. The molecule has 0 saturated heterocycles. The zero-order chi connectivity index (χ0) is 26.9. The number of fused-ring (bicyclic) bond motifs is 1. The molecule has 0 bridgehead atoms. The van der Waals surface area contributed by atoms with E-state index in [1.807, 2.05) is 12.1 Å². The lowest BCUT2D eigenvalue weighted by atomic mass is 9.97. The van der Waals surface area contributed by atoms with E-state index in [4.69, 9.17) is 11.6 Å². The molecule has 9 heteroatoms. The van der Waals surface area contributed by atoms with Gasteiger partial charge in [-0.05, 0) is 68.4 Å². The van der Waals surface area contributed by atoms with Crippen LogP contribution in [-0.2, 0) is 29.1 Å². The number of halogens is 1. The standard InChI is InChI=1S/C29H33ClN4O4/c30-23-12-10-22(11-13-23)15-17-31-26(35)16-19-33-28(37)24-8-4-5-9-25(24)34(29(33)38)20-27(36)32-18-14-21-6-2-1-3-7-21/h4-6,8-13H,1-3,7,14-20H2,(H,31,35)(H,32,36). The fourth-order valence-electron chi connectivity index (χ4n) is 4.71. The Morgan fingerprint density at radius 1 is 0.868 bits per heavy atom. The average Bonchev–Trinajstić information content (AvgIpc) is 2.93. The molecular formula is C29H33ClN4O4. The van der Waals surface area contributed by atoms with Crippen molar-refractivity contribution in [3.63, 3.8) is 0 Å². The van der Waals surface area contributed by atoms with Crippen molar-refractivity contribution in [3.8, 4) is 0 Å². The largest absolute Gasteiger partial charge is 0.356 e. The molecule has 4 rings (SSSR count). The Labute approximate surface area is 226 Å². The molecule has 0 unspecified atom stereocenters. The maximum absolute atomic E-state index is 13.3. The first-order valence-corrected chi connectivity index (χ1v) is 13.5. The molecule has 1 aliphatic carbocycles. The van der Waals surface area contributed by atoms with Crippen LogP contribution in [0, 0.1) is 0 Å². The van der Waals surface area contributed by atoms with Crippen LogP contribution in [-0.4, -0.2) is 34.0 Å². The first-order valence-electron chi connectivity index (χ1n) is 13.1. The van der Waals surface area contributed by atoms with Crippen molar-refractivity contribution >= 4 is 34.3 Å². The second-order valence-corrected chi connectivity index (χ2v) is 9.96. The zero-order valence-electron chi connectivity index (χ0n) is 21.4. The van der Waals surface area contributed by atoms with Crippen LogP contribution < -0.4 is 21.9 Å². The van der Waals surface area contributed by atoms with Crippen LogP contribution in [0.25, 0.3) is 10.9 Å². The second kappa shape index (κ2) is 13.2. The third-order valence-corrected chi connectivity index (χ3v) is 7.05. The molecule has 0 atom stereocenters. The van der Waals surface area contributed by atoms with E-state index in [-0.39, 0.29) is 31.3 Å². The molecule has 8 nitrogen and oxygen atoms in total. The lowest BCUT2D eigenvalue weighted by Gasteiger charge is -2.15. The van der Waals surface area contributed by atoms with Gasteiger partial charge in [0.1, 0.15) is 6.54 Å². The molecule has 0 aliphatic heterocycles. The summed E-state index contributed by atoms with van der Waals surface area (Å²) in [6.45, 7) is 0.651. The van der Waals surface area contributed by atoms with Crippen molar-refractivity contribution in [3.05, 3.63) is 91.6 Å². The molecular weight excluding hydrogens is 504 g/mol. The Bertz CT molecular complexity index is 1440. The van der Waals surface area contributed by atoms with Crippen molar-refractivity contribution in [2.24, 2.45) is 0 Å². The van der Waals surface area contributed by atoms with Crippen LogP contribution in [0.1, 0.15) is 44.1 Å². The highest BCUT2D eigenvalue weighted by Gasteiger charge is 2.16. The molecule has 38 heavy (non-hydrogen) atoms. The summed E-state index contributed by atoms with van der Waals surface area (Å²) in [5, 5.41) is 6.70. The van der Waals surface area contributed by atoms with Crippen LogP contribution in [0.3, 0.4) is 0 Å². The lowest BCUT2D eigenvalue weighted by Crippen LogP contribution is -2.43. The number of hydrogen-bond donors (Lipinski definition) is 2. The first-order chi connectivity index (χ1) is 18.4. The molecule has 1 heterocycles. The van der Waals surface area contributed by atoms with Crippen LogP contribution in [0.5, 0.6) is 0 Å². The van der Waals surface area contributed by atoms with Crippen LogP contribution in [0.4, 0.5) is 0 Å². The van der Waals surface area contributed by atoms with Crippen molar-refractivity contribution in [1.82, 2.24) is 19.8 Å². The van der Waals surface area contributed by atoms with E-state index in [0.29, 0.717) is 35.4 Å². The molecule has 1 aliphatic rings. The van der Waals surface area contributed by atoms with E-state index in [2.05, 4.69) is 16.7 Å². The quantitative estimate of drug-likeness (QED) is 0.366. The number of benzene rings is 2. The Kier molecular flexibility index (Phi) is 9.54. The van der Waals surface area contributed by atoms with Gasteiger partial charge >= 0.3 is 5.69 Å². The molecule has 0 fully saturated rings. The number of para-hydroxylation sites is 1. The first kappa shape index (κ1) is 27.4. The van der Waals surface area contributed by atoms with Crippen LogP contribution in [0.2, 0.25) is 5.02 Å². The second-order valence-electron chi connectivity index (χ2n) is 9.53. The highest BCUT2D eigenvalue weighted by atomic mass is 35.5. The highest BCUT2D eigenvalue weighted by molar-refractivity contribution is 6.30. The number of rotatable bonds is 11. The SMILES string of the molecule is O=C(CCn1c(=O)c2ccccc2n(CC(=O)NCCC2=CCCCC2)c1=O)NCCc1ccc(Cl)cc1. The smallest absolute Gasteiger partial charge is 0.331 e. The van der Waals surface area contributed by atoms with Crippen molar-refractivity contribution in [2.45, 2.75) is 58.0 Å². The maximum Gasteiger partial charge on any atom is 0.331 e. The van der Waals surface area contributed by atoms with Gasteiger partial charge in [0.25, 0.3) is 5.56 Å². The minimum absolute atomic E-state index is 0.0323. The van der Waals surface area contributed by atoms with Crippen molar-refractivity contribution in [2.75, 3.05) is 13.1 Å². The maximum atomic E-state index is 13.3. The van der Waals surface area contributed by atoms with Gasteiger partial charge < -0.3 is 10.6 Å². The van der Waals surface area contributed by atoms with E-state index >= 15 is 0 Å². The van der Waals surface area contributed by atoms with E-state index in [1.54, 1.807) is 36.4 Å². The summed E-state index contributed by atoms with van der Waals surface area (Å²) >= 11 is 5.90. The average molecular weight is 537 g/mol. The number of carbonyl (C=O) groups is 2. The fourth-order valence-corrected chi connectivity index (χ4v) is 4.84. The normalized spacial score (nSPS) is 13.2. The monoisotopic (exact) mass is 536 g/mol. The summed E-state index contributed by atoms with van der Waals surface area (Å²) in [5.74, 6) is -0.557. The van der Waals surface area contributed by atoms with Gasteiger partial charge in [0.2, 0.25) is 11.8 Å². The Morgan fingerprint density at radius 2 is 1.61 bits per heavy atom. The number of allylic oxidation sites excluding steroid dienone is 1. The third-order valence-electron chi connectivity index (χ3n) is 6.80. The predicted octanol–water partition coefficient (Wildman–Crippen LogP) is 3.57. The summed E-state index contributed by atoms with van der Waals surface area (Å²) in [4.78, 5) is 51.5. The summed E-state index contributed by atoms with van der Waals surface area (Å²) in [7, 11) is 0. The molecule has 3 aromatic rings. The predicted molar refractivity (Wildman–Crippen MR) is 149 cm³/mol. The molecule has 2 aromatic carbocycles. The molecule has 1 aromatic heterocycles. The number of amides is 2. The number of nitrogens with one attached hydrogen (secondary N) is 2.